The minimum Gasteiger partial charge on any atom is -0.358 e. The van der Waals surface area contributed by atoms with E-state index in [0.29, 0.717) is 0 Å². The fourth-order valence-electron chi connectivity index (χ4n) is 2.24. The molecule has 0 radical (unpaired) electrons. The van der Waals surface area contributed by atoms with Crippen molar-refractivity contribution in [3.05, 3.63) is 71.8 Å². The monoisotopic (exact) mass is 297 g/mol. The Balaban J connectivity index is 2.27. The van der Waals surface area contributed by atoms with Crippen LogP contribution in [0, 0.1) is 0 Å². The maximum atomic E-state index is 12.7. The minimum atomic E-state index is -1.30. The SMILES string of the molecule is C[Si](C)(C)CNC(=O)C(c1ccccc1)c1ccccc1. The summed E-state index contributed by atoms with van der Waals surface area (Å²) >= 11 is 0. The molecule has 0 bridgehead atoms. The van der Waals surface area contributed by atoms with Gasteiger partial charge in [-0.3, -0.25) is 4.79 Å². The Kier molecular flexibility index (Phi) is 4.97. The Labute approximate surface area is 128 Å². The number of rotatable bonds is 5. The van der Waals surface area contributed by atoms with Crippen LogP contribution in [0.5, 0.6) is 0 Å². The van der Waals surface area contributed by atoms with Gasteiger partial charge < -0.3 is 5.32 Å². The van der Waals surface area contributed by atoms with Gasteiger partial charge in [0.15, 0.2) is 0 Å². The van der Waals surface area contributed by atoms with Crippen LogP contribution in [-0.4, -0.2) is 20.1 Å². The summed E-state index contributed by atoms with van der Waals surface area (Å²) in [4.78, 5) is 12.7. The van der Waals surface area contributed by atoms with E-state index in [9.17, 15) is 4.79 Å². The largest absolute Gasteiger partial charge is 0.358 e. The third-order valence-electron chi connectivity index (χ3n) is 3.32. The highest BCUT2D eigenvalue weighted by atomic mass is 28.3. The lowest BCUT2D eigenvalue weighted by atomic mass is 9.90. The molecule has 0 saturated heterocycles. The standard InChI is InChI=1S/C18H23NOSi/c1-21(2,3)14-19-18(20)17(15-10-6-4-7-11-15)16-12-8-5-9-13-16/h4-13,17H,14H2,1-3H3,(H,19,20). The van der Waals surface area contributed by atoms with E-state index in [-0.39, 0.29) is 11.8 Å². The van der Waals surface area contributed by atoms with E-state index in [0.717, 1.165) is 17.3 Å². The van der Waals surface area contributed by atoms with Gasteiger partial charge in [0.05, 0.1) is 14.0 Å². The Morgan fingerprint density at radius 1 is 0.905 bits per heavy atom. The van der Waals surface area contributed by atoms with Gasteiger partial charge in [-0.1, -0.05) is 80.3 Å². The number of hydrogen-bond donors (Lipinski definition) is 1. The van der Waals surface area contributed by atoms with Crippen molar-refractivity contribution in [2.24, 2.45) is 0 Å². The van der Waals surface area contributed by atoms with Crippen molar-refractivity contribution >= 4 is 14.0 Å². The predicted octanol–water partition coefficient (Wildman–Crippen LogP) is 3.81. The second-order valence-corrected chi connectivity index (χ2v) is 12.0. The first-order chi connectivity index (χ1) is 9.97. The number of hydrogen-bond acceptors (Lipinski definition) is 1. The molecule has 110 valence electrons. The second kappa shape index (κ2) is 6.72. The first kappa shape index (κ1) is 15.5. The van der Waals surface area contributed by atoms with Gasteiger partial charge in [-0.15, -0.1) is 0 Å². The summed E-state index contributed by atoms with van der Waals surface area (Å²) < 4.78 is 0. The number of carbonyl (C=O) groups is 1. The van der Waals surface area contributed by atoms with Gasteiger partial charge in [0, 0.05) is 6.17 Å². The van der Waals surface area contributed by atoms with Crippen LogP contribution in [0.2, 0.25) is 19.6 Å². The molecule has 0 aliphatic heterocycles. The smallest absolute Gasteiger partial charge is 0.231 e. The lowest BCUT2D eigenvalue weighted by Gasteiger charge is -2.21. The third kappa shape index (κ3) is 4.57. The molecule has 0 saturated carbocycles. The van der Waals surface area contributed by atoms with Crippen molar-refractivity contribution < 1.29 is 4.79 Å². The van der Waals surface area contributed by atoms with E-state index < -0.39 is 8.07 Å². The molecular weight excluding hydrogens is 274 g/mol. The van der Waals surface area contributed by atoms with Crippen LogP contribution in [-0.2, 0) is 4.79 Å². The summed E-state index contributed by atoms with van der Waals surface area (Å²) in [6.07, 6.45) is 0.808. The Morgan fingerprint density at radius 3 is 1.71 bits per heavy atom. The number of carbonyl (C=O) groups excluding carboxylic acids is 1. The van der Waals surface area contributed by atoms with Crippen LogP contribution in [0.4, 0.5) is 0 Å². The fraction of sp³-hybridized carbons (Fsp3) is 0.278. The van der Waals surface area contributed by atoms with Crippen molar-refractivity contribution in [1.82, 2.24) is 5.32 Å². The van der Waals surface area contributed by atoms with E-state index in [1.807, 2.05) is 60.7 Å². The fourth-order valence-corrected chi connectivity index (χ4v) is 2.95. The van der Waals surface area contributed by atoms with Crippen LogP contribution < -0.4 is 5.32 Å². The summed E-state index contributed by atoms with van der Waals surface area (Å²) in [6, 6.07) is 20.0. The maximum absolute atomic E-state index is 12.7. The molecule has 2 rings (SSSR count). The molecule has 0 aromatic heterocycles. The van der Waals surface area contributed by atoms with Crippen LogP contribution in [0.25, 0.3) is 0 Å². The third-order valence-corrected chi connectivity index (χ3v) is 4.56. The Morgan fingerprint density at radius 2 is 1.33 bits per heavy atom. The topological polar surface area (TPSA) is 29.1 Å². The molecule has 0 unspecified atom stereocenters. The van der Waals surface area contributed by atoms with Gasteiger partial charge >= 0.3 is 0 Å². The van der Waals surface area contributed by atoms with Gasteiger partial charge in [0.25, 0.3) is 0 Å². The molecule has 3 heteroatoms. The lowest BCUT2D eigenvalue weighted by Crippen LogP contribution is -2.42. The highest BCUT2D eigenvalue weighted by Gasteiger charge is 2.24. The van der Waals surface area contributed by atoms with Gasteiger partial charge in [0.1, 0.15) is 0 Å². The lowest BCUT2D eigenvalue weighted by molar-refractivity contribution is -0.121. The number of amides is 1. The van der Waals surface area contributed by atoms with Crippen LogP contribution in [0.15, 0.2) is 60.7 Å². The molecule has 0 aliphatic rings. The normalized spacial score (nSPS) is 11.4. The number of benzene rings is 2. The van der Waals surface area contributed by atoms with E-state index >= 15 is 0 Å². The zero-order valence-corrected chi connectivity index (χ0v) is 14.0. The molecule has 1 amide bonds. The first-order valence-electron chi connectivity index (χ1n) is 7.35. The van der Waals surface area contributed by atoms with Gasteiger partial charge in [0.2, 0.25) is 5.91 Å². The highest BCUT2D eigenvalue weighted by Crippen LogP contribution is 2.24. The quantitative estimate of drug-likeness (QED) is 0.835. The molecule has 1 N–H and O–H groups in total. The highest BCUT2D eigenvalue weighted by molar-refractivity contribution is 6.76. The van der Waals surface area contributed by atoms with Crippen molar-refractivity contribution in [2.45, 2.75) is 25.6 Å². The minimum absolute atomic E-state index is 0.0924. The molecule has 2 nitrogen and oxygen atoms in total. The predicted molar refractivity (Wildman–Crippen MR) is 91.1 cm³/mol. The van der Waals surface area contributed by atoms with Crippen molar-refractivity contribution in [3.63, 3.8) is 0 Å². The first-order valence-corrected chi connectivity index (χ1v) is 11.1. The van der Waals surface area contributed by atoms with Gasteiger partial charge in [-0.05, 0) is 11.1 Å². The van der Waals surface area contributed by atoms with Gasteiger partial charge in [-0.25, -0.2) is 0 Å². The van der Waals surface area contributed by atoms with Crippen molar-refractivity contribution in [3.8, 4) is 0 Å². The second-order valence-electron chi connectivity index (χ2n) is 6.53. The Hall–Kier alpha value is -1.87. The number of nitrogens with one attached hydrogen (secondary N) is 1. The summed E-state index contributed by atoms with van der Waals surface area (Å²) in [7, 11) is -1.30. The van der Waals surface area contributed by atoms with Crippen LogP contribution in [0.3, 0.4) is 0 Å². The molecule has 0 aliphatic carbocycles. The molecular formula is C18H23NOSi. The molecule has 0 fully saturated rings. The average Bonchev–Trinajstić information content (AvgIpc) is 2.47. The Bertz CT molecular complexity index is 536. The van der Waals surface area contributed by atoms with E-state index in [1.165, 1.54) is 0 Å². The zero-order chi connectivity index (χ0) is 15.3. The molecule has 2 aromatic carbocycles. The van der Waals surface area contributed by atoms with E-state index in [4.69, 9.17) is 0 Å². The summed E-state index contributed by atoms with van der Waals surface area (Å²) in [5.74, 6) is -0.140. The summed E-state index contributed by atoms with van der Waals surface area (Å²) in [5.41, 5.74) is 2.08. The summed E-state index contributed by atoms with van der Waals surface area (Å²) in [6.45, 7) is 6.77. The molecule has 0 atom stereocenters. The molecule has 0 heterocycles. The zero-order valence-electron chi connectivity index (χ0n) is 13.0. The van der Waals surface area contributed by atoms with Crippen LogP contribution in [0.1, 0.15) is 17.0 Å². The van der Waals surface area contributed by atoms with E-state index in [2.05, 4.69) is 25.0 Å². The van der Waals surface area contributed by atoms with Crippen molar-refractivity contribution in [1.29, 1.82) is 0 Å². The maximum Gasteiger partial charge on any atom is 0.231 e. The molecule has 2 aromatic rings. The van der Waals surface area contributed by atoms with Gasteiger partial charge in [-0.2, -0.15) is 0 Å². The van der Waals surface area contributed by atoms with E-state index in [1.54, 1.807) is 0 Å². The van der Waals surface area contributed by atoms with Crippen molar-refractivity contribution in [2.75, 3.05) is 6.17 Å². The van der Waals surface area contributed by atoms with Crippen LogP contribution >= 0.6 is 0 Å². The summed E-state index contributed by atoms with van der Waals surface area (Å²) in [5, 5.41) is 3.14. The molecule has 0 spiro atoms. The average molecular weight is 297 g/mol. The molecule has 21 heavy (non-hydrogen) atoms.